The predicted molar refractivity (Wildman–Crippen MR) is 119 cm³/mol. The zero-order valence-corrected chi connectivity index (χ0v) is 18.4. The number of nitrogens with two attached hydrogens (primary N) is 1. The molecule has 2 amide bonds. The largest absolute Gasteiger partial charge is 0.450 e. The molecule has 3 aromatic rings. The van der Waals surface area contributed by atoms with Crippen LogP contribution in [0.2, 0.25) is 0 Å². The van der Waals surface area contributed by atoms with Crippen molar-refractivity contribution in [2.45, 2.75) is 25.9 Å². The van der Waals surface area contributed by atoms with Gasteiger partial charge in [-0.05, 0) is 18.6 Å². The van der Waals surface area contributed by atoms with E-state index in [9.17, 15) is 9.59 Å². The lowest BCUT2D eigenvalue weighted by atomic mass is 9.94. The Bertz CT molecular complexity index is 1230. The van der Waals surface area contributed by atoms with Gasteiger partial charge in [0, 0.05) is 41.6 Å². The van der Waals surface area contributed by atoms with E-state index < -0.39 is 17.9 Å². The second kappa shape index (κ2) is 8.75. The molecule has 0 aliphatic carbocycles. The number of anilines is 1. The maximum absolute atomic E-state index is 13.1. The molecule has 0 saturated heterocycles. The van der Waals surface area contributed by atoms with Crippen molar-refractivity contribution in [2.75, 3.05) is 19.4 Å². The lowest BCUT2D eigenvalue weighted by molar-refractivity contribution is -0.124. The number of hydrogen-bond donors (Lipinski definition) is 2. The summed E-state index contributed by atoms with van der Waals surface area (Å²) < 4.78 is 9.84. The number of ether oxygens (including phenoxy) is 1. The fourth-order valence-corrected chi connectivity index (χ4v) is 3.77. The molecule has 0 fully saturated rings. The predicted octanol–water partition coefficient (Wildman–Crippen LogP) is 1.89. The number of aromatic amines is 1. The minimum Gasteiger partial charge on any atom is -0.450 e. The number of nitrogens with one attached hydrogen (secondary N) is 1. The van der Waals surface area contributed by atoms with Crippen LogP contribution < -0.4 is 5.73 Å². The third-order valence-electron chi connectivity index (χ3n) is 4.98. The SMILES string of the molecule is CCO/N=C(\C(=O)N(C)C1=NC(=O)[C@H]([C@H](C)c2c[nH]c3ccccc23)O1)c1nsc(N)n1. The van der Waals surface area contributed by atoms with Gasteiger partial charge < -0.3 is 20.3 Å². The van der Waals surface area contributed by atoms with Crippen LogP contribution in [-0.2, 0) is 19.2 Å². The van der Waals surface area contributed by atoms with Gasteiger partial charge in [0.05, 0.1) is 0 Å². The van der Waals surface area contributed by atoms with Crippen molar-refractivity contribution < 1.29 is 19.2 Å². The number of nitrogen functional groups attached to an aromatic ring is 1. The number of H-pyrrole nitrogens is 1. The van der Waals surface area contributed by atoms with Crippen LogP contribution in [0.25, 0.3) is 10.9 Å². The highest BCUT2D eigenvalue weighted by Crippen LogP contribution is 2.31. The van der Waals surface area contributed by atoms with Gasteiger partial charge in [-0.15, -0.1) is 0 Å². The summed E-state index contributed by atoms with van der Waals surface area (Å²) in [5.41, 5.74) is 7.34. The molecular weight excluding hydrogens is 434 g/mol. The Kier molecular flexibility index (Phi) is 5.86. The summed E-state index contributed by atoms with van der Waals surface area (Å²) in [6, 6.07) is 7.65. The molecule has 4 rings (SSSR count). The average molecular weight is 456 g/mol. The van der Waals surface area contributed by atoms with E-state index in [0.29, 0.717) is 0 Å². The summed E-state index contributed by atoms with van der Waals surface area (Å²) in [6.07, 6.45) is 0.976. The number of amides is 2. The first-order valence-electron chi connectivity index (χ1n) is 9.83. The first-order chi connectivity index (χ1) is 15.4. The Morgan fingerprint density at radius 3 is 2.94 bits per heavy atom. The zero-order valence-electron chi connectivity index (χ0n) is 17.6. The Morgan fingerprint density at radius 2 is 2.22 bits per heavy atom. The number of amidine groups is 1. The topological polar surface area (TPSA) is 148 Å². The molecule has 166 valence electrons. The number of benzene rings is 1. The maximum atomic E-state index is 13.1. The average Bonchev–Trinajstić information content (AvgIpc) is 3.51. The number of fused-ring (bicyclic) bond motifs is 1. The van der Waals surface area contributed by atoms with Crippen LogP contribution in [-0.4, -0.2) is 62.5 Å². The molecule has 32 heavy (non-hydrogen) atoms. The van der Waals surface area contributed by atoms with Gasteiger partial charge in [0.2, 0.25) is 11.5 Å². The lowest BCUT2D eigenvalue weighted by Crippen LogP contribution is -2.40. The zero-order chi connectivity index (χ0) is 22.8. The fraction of sp³-hybridized carbons (Fsp3) is 0.300. The summed E-state index contributed by atoms with van der Waals surface area (Å²) in [4.78, 5) is 43.0. The van der Waals surface area contributed by atoms with Crippen LogP contribution in [0.1, 0.15) is 31.2 Å². The number of hydrogen-bond acceptors (Lipinski definition) is 9. The van der Waals surface area contributed by atoms with Crippen molar-refractivity contribution in [3.63, 3.8) is 0 Å². The van der Waals surface area contributed by atoms with E-state index in [1.165, 1.54) is 7.05 Å². The second-order valence-corrected chi connectivity index (χ2v) is 7.81. The van der Waals surface area contributed by atoms with Gasteiger partial charge in [-0.2, -0.15) is 14.3 Å². The normalized spacial score (nSPS) is 17.2. The third-order valence-corrected chi connectivity index (χ3v) is 5.52. The molecule has 2 atom stereocenters. The molecule has 3 heterocycles. The number of aromatic nitrogens is 3. The molecule has 11 nitrogen and oxygen atoms in total. The van der Waals surface area contributed by atoms with Crippen LogP contribution >= 0.6 is 11.5 Å². The molecule has 1 aromatic carbocycles. The van der Waals surface area contributed by atoms with Crippen molar-refractivity contribution in [1.29, 1.82) is 0 Å². The molecule has 12 heteroatoms. The monoisotopic (exact) mass is 455 g/mol. The molecule has 1 aliphatic rings. The molecule has 3 N–H and O–H groups in total. The standard InChI is InChI=1S/C20H21N7O4S/c1-4-30-25-14(16-23-19(21)32-26-16)18(29)27(3)20-24-17(28)15(31-20)10(2)12-9-22-13-8-6-5-7-11(12)13/h5-10,15,22H,4H2,1-3H3,(H2,21,23,26)/b25-14-/t10-,15+/m1/s1. The van der Waals surface area contributed by atoms with Gasteiger partial charge in [-0.1, -0.05) is 30.3 Å². The van der Waals surface area contributed by atoms with Crippen LogP contribution in [0.15, 0.2) is 40.6 Å². The highest BCUT2D eigenvalue weighted by molar-refractivity contribution is 7.09. The van der Waals surface area contributed by atoms with E-state index in [4.69, 9.17) is 15.3 Å². The van der Waals surface area contributed by atoms with Crippen molar-refractivity contribution in [2.24, 2.45) is 10.1 Å². The molecule has 0 radical (unpaired) electrons. The number of likely N-dealkylation sites (N-methyl/N-ethyl adjacent to an activating group) is 1. The summed E-state index contributed by atoms with van der Waals surface area (Å²) in [6.45, 7) is 3.83. The fourth-order valence-electron chi connectivity index (χ4n) is 3.33. The number of oxime groups is 1. The smallest absolute Gasteiger partial charge is 0.303 e. The van der Waals surface area contributed by atoms with E-state index in [-0.39, 0.29) is 35.2 Å². The molecule has 0 saturated carbocycles. The van der Waals surface area contributed by atoms with E-state index in [1.54, 1.807) is 6.92 Å². The Morgan fingerprint density at radius 1 is 1.44 bits per heavy atom. The van der Waals surface area contributed by atoms with Crippen molar-refractivity contribution in [1.82, 2.24) is 19.2 Å². The van der Waals surface area contributed by atoms with Crippen molar-refractivity contribution in [3.05, 3.63) is 41.9 Å². The number of nitrogens with zero attached hydrogens (tertiary/aromatic N) is 5. The first kappa shape index (κ1) is 21.4. The minimum atomic E-state index is -0.875. The molecule has 0 unspecified atom stereocenters. The maximum Gasteiger partial charge on any atom is 0.303 e. The molecule has 0 spiro atoms. The summed E-state index contributed by atoms with van der Waals surface area (Å²) in [5.74, 6) is -1.41. The second-order valence-electron chi connectivity index (χ2n) is 7.03. The highest BCUT2D eigenvalue weighted by Gasteiger charge is 2.39. The number of carbonyl (C=O) groups excluding carboxylic acids is 2. The number of para-hydroxylation sites is 1. The highest BCUT2D eigenvalue weighted by atomic mass is 32.1. The van der Waals surface area contributed by atoms with E-state index in [1.807, 2.05) is 37.4 Å². The molecule has 2 aromatic heterocycles. The van der Waals surface area contributed by atoms with Gasteiger partial charge in [-0.3, -0.25) is 14.5 Å². The van der Waals surface area contributed by atoms with E-state index in [2.05, 4.69) is 24.5 Å². The summed E-state index contributed by atoms with van der Waals surface area (Å²) >= 11 is 0.923. The van der Waals surface area contributed by atoms with Gasteiger partial charge >= 0.3 is 6.02 Å². The van der Waals surface area contributed by atoms with Crippen molar-refractivity contribution in [3.8, 4) is 0 Å². The first-order valence-corrected chi connectivity index (χ1v) is 10.6. The number of carbonyl (C=O) groups is 2. The van der Waals surface area contributed by atoms with Crippen LogP contribution in [0.4, 0.5) is 5.13 Å². The Labute approximate surface area is 187 Å². The van der Waals surface area contributed by atoms with E-state index in [0.717, 1.165) is 32.9 Å². The van der Waals surface area contributed by atoms with E-state index >= 15 is 0 Å². The van der Waals surface area contributed by atoms with Crippen molar-refractivity contribution >= 4 is 51.1 Å². The Balaban J connectivity index is 1.54. The molecular formula is C20H21N7O4S. The van der Waals surface area contributed by atoms with Crippen LogP contribution in [0.5, 0.6) is 0 Å². The third kappa shape index (κ3) is 3.91. The summed E-state index contributed by atoms with van der Waals surface area (Å²) in [7, 11) is 1.42. The van der Waals surface area contributed by atoms with Gasteiger partial charge in [0.25, 0.3) is 11.8 Å². The molecule has 1 aliphatic heterocycles. The summed E-state index contributed by atoms with van der Waals surface area (Å²) in [5, 5.41) is 4.99. The van der Waals surface area contributed by atoms with Crippen LogP contribution in [0, 0.1) is 0 Å². The lowest BCUT2D eigenvalue weighted by Gasteiger charge is -2.20. The minimum absolute atomic E-state index is 0.0198. The quantitative estimate of drug-likeness (QED) is 0.426. The Hall–Kier alpha value is -3.80. The van der Waals surface area contributed by atoms with Crippen LogP contribution in [0.3, 0.4) is 0 Å². The number of rotatable bonds is 6. The molecule has 0 bridgehead atoms. The van der Waals surface area contributed by atoms with Gasteiger partial charge in [0.1, 0.15) is 6.61 Å². The number of aliphatic imine (C=N–C) groups is 1. The van der Waals surface area contributed by atoms with Gasteiger partial charge in [-0.25, -0.2) is 0 Å². The van der Waals surface area contributed by atoms with Gasteiger partial charge in [0.15, 0.2) is 11.2 Å².